The fraction of sp³-hybridized carbons (Fsp3) is 0.583. The van der Waals surface area contributed by atoms with Crippen LogP contribution in [0.4, 0.5) is 0 Å². The van der Waals surface area contributed by atoms with E-state index in [9.17, 15) is 9.59 Å². The summed E-state index contributed by atoms with van der Waals surface area (Å²) in [6.45, 7) is 5.67. The molecule has 0 bridgehead atoms. The summed E-state index contributed by atoms with van der Waals surface area (Å²) in [5.41, 5.74) is -0.0313. The number of hydrogen-bond donors (Lipinski definition) is 2. The number of aromatic carboxylic acids is 1. The van der Waals surface area contributed by atoms with Gasteiger partial charge in [-0.15, -0.1) is 0 Å². The maximum absolute atomic E-state index is 11.9. The predicted octanol–water partition coefficient (Wildman–Crippen LogP) is -0.177. The molecule has 1 fully saturated rings. The molecule has 2 N–H and O–H groups in total. The summed E-state index contributed by atoms with van der Waals surface area (Å²) < 4.78 is 9.79. The second-order valence-corrected chi connectivity index (χ2v) is 4.67. The van der Waals surface area contributed by atoms with Gasteiger partial charge in [0.05, 0.1) is 13.2 Å². The average molecular weight is 283 g/mol. The molecule has 1 aliphatic heterocycles. The number of aromatic nitrogens is 1. The van der Waals surface area contributed by atoms with E-state index < -0.39 is 11.9 Å². The molecular weight excluding hydrogens is 266 g/mol. The van der Waals surface area contributed by atoms with Crippen LogP contribution in [-0.2, 0) is 4.74 Å². The summed E-state index contributed by atoms with van der Waals surface area (Å²) in [7, 11) is 0. The first-order chi connectivity index (χ1) is 9.56. The Morgan fingerprint density at radius 2 is 2.20 bits per heavy atom. The van der Waals surface area contributed by atoms with Crippen molar-refractivity contribution in [3.05, 3.63) is 17.5 Å². The number of carbonyl (C=O) groups is 2. The monoisotopic (exact) mass is 283 g/mol. The van der Waals surface area contributed by atoms with Gasteiger partial charge in [-0.1, -0.05) is 5.16 Å². The number of carboxylic acids is 1. The van der Waals surface area contributed by atoms with E-state index in [0.717, 1.165) is 19.2 Å². The van der Waals surface area contributed by atoms with Gasteiger partial charge in [-0.3, -0.25) is 9.69 Å². The Labute approximate surface area is 115 Å². The molecule has 1 atom stereocenters. The van der Waals surface area contributed by atoms with Gasteiger partial charge in [-0.25, -0.2) is 4.79 Å². The van der Waals surface area contributed by atoms with Crippen LogP contribution in [0.2, 0.25) is 0 Å². The molecule has 0 aliphatic carbocycles. The second kappa shape index (κ2) is 6.49. The number of hydrogen-bond acceptors (Lipinski definition) is 6. The van der Waals surface area contributed by atoms with Crippen molar-refractivity contribution < 1.29 is 24.0 Å². The highest BCUT2D eigenvalue weighted by molar-refractivity contribution is 5.94. The number of amides is 1. The zero-order chi connectivity index (χ0) is 14.5. The molecule has 0 aromatic carbocycles. The van der Waals surface area contributed by atoms with Gasteiger partial charge in [0, 0.05) is 31.7 Å². The Morgan fingerprint density at radius 3 is 2.80 bits per heavy atom. The highest BCUT2D eigenvalue weighted by atomic mass is 16.5. The van der Waals surface area contributed by atoms with Crippen molar-refractivity contribution in [2.75, 3.05) is 32.8 Å². The molecule has 2 rings (SSSR count). The van der Waals surface area contributed by atoms with Gasteiger partial charge in [0.25, 0.3) is 5.91 Å². The molecule has 1 aliphatic rings. The molecule has 8 heteroatoms. The molecule has 8 nitrogen and oxygen atoms in total. The minimum absolute atomic E-state index is 0.0313. The van der Waals surface area contributed by atoms with Gasteiger partial charge in [0.2, 0.25) is 5.76 Å². The van der Waals surface area contributed by atoms with Crippen LogP contribution >= 0.6 is 0 Å². The fourth-order valence-corrected chi connectivity index (χ4v) is 2.00. The summed E-state index contributed by atoms with van der Waals surface area (Å²) >= 11 is 0. The summed E-state index contributed by atoms with van der Waals surface area (Å²) in [6, 6.07) is 1.03. The lowest BCUT2D eigenvalue weighted by atomic mass is 10.2. The van der Waals surface area contributed by atoms with Crippen LogP contribution < -0.4 is 5.32 Å². The zero-order valence-corrected chi connectivity index (χ0v) is 11.2. The first-order valence-corrected chi connectivity index (χ1v) is 6.37. The van der Waals surface area contributed by atoms with E-state index in [-0.39, 0.29) is 17.5 Å². The first kappa shape index (κ1) is 14.5. The molecule has 0 radical (unpaired) electrons. The Kier molecular flexibility index (Phi) is 4.70. The molecule has 20 heavy (non-hydrogen) atoms. The van der Waals surface area contributed by atoms with Crippen LogP contribution in [0.25, 0.3) is 0 Å². The van der Waals surface area contributed by atoms with Crippen LogP contribution in [0, 0.1) is 0 Å². The van der Waals surface area contributed by atoms with E-state index in [1.807, 2.05) is 6.92 Å². The lowest BCUT2D eigenvalue weighted by Gasteiger charge is -2.29. The van der Waals surface area contributed by atoms with Crippen molar-refractivity contribution >= 4 is 11.9 Å². The normalized spacial score (nSPS) is 17.6. The zero-order valence-electron chi connectivity index (χ0n) is 11.2. The summed E-state index contributed by atoms with van der Waals surface area (Å²) in [6.07, 6.45) is 0. The Hall–Kier alpha value is -1.93. The van der Waals surface area contributed by atoms with Crippen LogP contribution in [0.5, 0.6) is 0 Å². The quantitative estimate of drug-likeness (QED) is 0.772. The Morgan fingerprint density at radius 1 is 1.50 bits per heavy atom. The number of morpholine rings is 1. The van der Waals surface area contributed by atoms with Crippen molar-refractivity contribution in [1.29, 1.82) is 0 Å². The molecule has 1 aromatic heterocycles. The number of ether oxygens (including phenoxy) is 1. The highest BCUT2D eigenvalue weighted by Crippen LogP contribution is 2.04. The third-order valence-electron chi connectivity index (χ3n) is 2.97. The maximum Gasteiger partial charge on any atom is 0.374 e. The van der Waals surface area contributed by atoms with Gasteiger partial charge >= 0.3 is 5.97 Å². The first-order valence-electron chi connectivity index (χ1n) is 6.37. The number of nitrogens with zero attached hydrogens (tertiary/aromatic N) is 2. The topological polar surface area (TPSA) is 105 Å². The maximum atomic E-state index is 11.9. The minimum atomic E-state index is -1.25. The molecule has 1 unspecified atom stereocenters. The van der Waals surface area contributed by atoms with E-state index in [1.54, 1.807) is 0 Å². The lowest BCUT2D eigenvalue weighted by Crippen LogP contribution is -2.46. The fourth-order valence-electron chi connectivity index (χ4n) is 2.00. The number of nitrogens with one attached hydrogen (secondary N) is 1. The largest absolute Gasteiger partial charge is 0.475 e. The van der Waals surface area contributed by atoms with Crippen molar-refractivity contribution in [3.63, 3.8) is 0 Å². The molecular formula is C12H17N3O5. The van der Waals surface area contributed by atoms with Gasteiger partial charge in [0.1, 0.15) is 0 Å². The third-order valence-corrected chi connectivity index (χ3v) is 2.97. The number of carbonyl (C=O) groups excluding carboxylic acids is 1. The average Bonchev–Trinajstić information content (AvgIpc) is 2.89. The number of carboxylic acid groups (broad SMARTS) is 1. The molecule has 1 amide bonds. The molecule has 0 spiro atoms. The summed E-state index contributed by atoms with van der Waals surface area (Å²) in [5.74, 6) is -2.05. The molecule has 110 valence electrons. The van der Waals surface area contributed by atoms with Gasteiger partial charge in [0.15, 0.2) is 5.69 Å². The SMILES string of the molecule is CC(CN1CCOCC1)NC(=O)c1cc(C(=O)O)on1. The minimum Gasteiger partial charge on any atom is -0.475 e. The van der Waals surface area contributed by atoms with Crippen molar-refractivity contribution in [3.8, 4) is 0 Å². The Balaban J connectivity index is 1.84. The van der Waals surface area contributed by atoms with Gasteiger partial charge in [-0.2, -0.15) is 0 Å². The van der Waals surface area contributed by atoms with Gasteiger partial charge in [-0.05, 0) is 6.92 Å². The lowest BCUT2D eigenvalue weighted by molar-refractivity contribution is 0.0342. The highest BCUT2D eigenvalue weighted by Gasteiger charge is 2.19. The van der Waals surface area contributed by atoms with E-state index >= 15 is 0 Å². The van der Waals surface area contributed by atoms with E-state index in [2.05, 4.69) is 19.9 Å². The molecule has 0 saturated carbocycles. The van der Waals surface area contributed by atoms with Crippen LogP contribution in [0.15, 0.2) is 10.6 Å². The van der Waals surface area contributed by atoms with E-state index in [0.29, 0.717) is 19.8 Å². The Bertz CT molecular complexity index is 481. The smallest absolute Gasteiger partial charge is 0.374 e. The molecule has 2 heterocycles. The summed E-state index contributed by atoms with van der Waals surface area (Å²) in [4.78, 5) is 24.7. The van der Waals surface area contributed by atoms with Crippen LogP contribution in [0.1, 0.15) is 28.0 Å². The predicted molar refractivity (Wildman–Crippen MR) is 67.6 cm³/mol. The van der Waals surface area contributed by atoms with Crippen molar-refractivity contribution in [2.24, 2.45) is 0 Å². The van der Waals surface area contributed by atoms with E-state index in [1.165, 1.54) is 0 Å². The summed E-state index contributed by atoms with van der Waals surface area (Å²) in [5, 5.41) is 14.9. The van der Waals surface area contributed by atoms with E-state index in [4.69, 9.17) is 9.84 Å². The molecule has 1 aromatic rings. The third kappa shape index (κ3) is 3.78. The van der Waals surface area contributed by atoms with Crippen LogP contribution in [0.3, 0.4) is 0 Å². The van der Waals surface area contributed by atoms with Gasteiger partial charge < -0.3 is 19.7 Å². The van der Waals surface area contributed by atoms with Crippen LogP contribution in [-0.4, -0.2) is 65.9 Å². The standard InChI is InChI=1S/C12H17N3O5/c1-8(7-15-2-4-19-5-3-15)13-11(16)9-6-10(12(17)18)20-14-9/h6,8H,2-5,7H2,1H3,(H,13,16)(H,17,18). The van der Waals surface area contributed by atoms with Crippen molar-refractivity contribution in [1.82, 2.24) is 15.4 Å². The number of rotatable bonds is 5. The second-order valence-electron chi connectivity index (χ2n) is 4.67. The molecule has 1 saturated heterocycles. The van der Waals surface area contributed by atoms with Crippen molar-refractivity contribution in [2.45, 2.75) is 13.0 Å².